The summed E-state index contributed by atoms with van der Waals surface area (Å²) in [5, 5.41) is 2.86. The average molecular weight is 301 g/mol. The lowest BCUT2D eigenvalue weighted by molar-refractivity contribution is -0.123. The molecule has 20 heavy (non-hydrogen) atoms. The highest BCUT2D eigenvalue weighted by Gasteiger charge is 2.14. The van der Waals surface area contributed by atoms with Gasteiger partial charge in [0, 0.05) is 0 Å². The Kier molecular flexibility index (Phi) is 9.01. The third kappa shape index (κ3) is 6.78. The summed E-state index contributed by atoms with van der Waals surface area (Å²) in [5.74, 6) is 0.709. The van der Waals surface area contributed by atoms with E-state index < -0.39 is 6.04 Å². The predicted octanol–water partition coefficient (Wildman–Crippen LogP) is 2.43. The van der Waals surface area contributed by atoms with Gasteiger partial charge in [0.05, 0.1) is 12.1 Å². The van der Waals surface area contributed by atoms with Crippen LogP contribution in [0.15, 0.2) is 24.3 Å². The molecule has 0 fully saturated rings. The Morgan fingerprint density at radius 1 is 1.45 bits per heavy atom. The second kappa shape index (κ2) is 9.61. The number of rotatable bonds is 7. The number of aryl methyl sites for hydroxylation is 1. The fourth-order valence-corrected chi connectivity index (χ4v) is 1.76. The third-order valence-electron chi connectivity index (χ3n) is 2.81. The summed E-state index contributed by atoms with van der Waals surface area (Å²) in [6, 6.07) is 7.36. The van der Waals surface area contributed by atoms with E-state index in [-0.39, 0.29) is 24.4 Å². The lowest BCUT2D eigenvalue weighted by atomic mass is 10.1. The molecule has 1 amide bonds. The molecule has 0 aliphatic heterocycles. The Hall–Kier alpha value is -1.26. The Morgan fingerprint density at radius 2 is 2.15 bits per heavy atom. The zero-order valence-electron chi connectivity index (χ0n) is 12.4. The standard InChI is InChI=1S/C15H24N2O2.ClH/c1-4-6-14(16)15(18)17-12(3)10-19-13-8-5-7-11(2)9-13;/h5,7-9,12,14H,4,6,10,16H2,1-3H3,(H,17,18);1H. The van der Waals surface area contributed by atoms with Crippen LogP contribution in [0, 0.1) is 6.92 Å². The minimum Gasteiger partial charge on any atom is -0.491 e. The lowest BCUT2D eigenvalue weighted by Gasteiger charge is -2.18. The minimum absolute atomic E-state index is 0. The van der Waals surface area contributed by atoms with Crippen LogP contribution in [0.3, 0.4) is 0 Å². The second-order valence-electron chi connectivity index (χ2n) is 4.93. The van der Waals surface area contributed by atoms with E-state index >= 15 is 0 Å². The summed E-state index contributed by atoms with van der Waals surface area (Å²) < 4.78 is 5.63. The van der Waals surface area contributed by atoms with Crippen LogP contribution in [0.1, 0.15) is 32.3 Å². The van der Waals surface area contributed by atoms with Gasteiger partial charge in [0.15, 0.2) is 0 Å². The number of carbonyl (C=O) groups is 1. The van der Waals surface area contributed by atoms with Crippen molar-refractivity contribution in [3.8, 4) is 5.75 Å². The average Bonchev–Trinajstić information content (AvgIpc) is 2.36. The van der Waals surface area contributed by atoms with E-state index in [1.54, 1.807) is 0 Å². The SMILES string of the molecule is CCCC(N)C(=O)NC(C)COc1cccc(C)c1.Cl. The summed E-state index contributed by atoms with van der Waals surface area (Å²) in [6.07, 6.45) is 1.61. The molecular weight excluding hydrogens is 276 g/mol. The number of nitrogens with two attached hydrogens (primary N) is 1. The van der Waals surface area contributed by atoms with Gasteiger partial charge < -0.3 is 15.8 Å². The smallest absolute Gasteiger partial charge is 0.237 e. The molecule has 0 aromatic heterocycles. The van der Waals surface area contributed by atoms with E-state index in [1.165, 1.54) is 0 Å². The molecule has 1 rings (SSSR count). The molecule has 2 atom stereocenters. The molecule has 114 valence electrons. The van der Waals surface area contributed by atoms with Crippen LogP contribution in [0.2, 0.25) is 0 Å². The van der Waals surface area contributed by atoms with Crippen molar-refractivity contribution < 1.29 is 9.53 Å². The maximum absolute atomic E-state index is 11.7. The van der Waals surface area contributed by atoms with Crippen molar-refractivity contribution in [2.45, 2.75) is 45.7 Å². The van der Waals surface area contributed by atoms with Gasteiger partial charge in [0.25, 0.3) is 0 Å². The quantitative estimate of drug-likeness (QED) is 0.813. The molecule has 0 heterocycles. The first-order valence-electron chi connectivity index (χ1n) is 6.78. The molecule has 2 unspecified atom stereocenters. The van der Waals surface area contributed by atoms with Gasteiger partial charge in [-0.05, 0) is 38.0 Å². The topological polar surface area (TPSA) is 64.4 Å². The van der Waals surface area contributed by atoms with Crippen LogP contribution >= 0.6 is 12.4 Å². The van der Waals surface area contributed by atoms with Crippen LogP contribution in [-0.2, 0) is 4.79 Å². The largest absolute Gasteiger partial charge is 0.491 e. The molecular formula is C15H25ClN2O2. The van der Waals surface area contributed by atoms with Gasteiger partial charge in [-0.3, -0.25) is 4.79 Å². The highest BCUT2D eigenvalue weighted by Crippen LogP contribution is 2.12. The van der Waals surface area contributed by atoms with E-state index in [0.717, 1.165) is 17.7 Å². The molecule has 0 saturated heterocycles. The van der Waals surface area contributed by atoms with Gasteiger partial charge in [0.2, 0.25) is 5.91 Å². The van der Waals surface area contributed by atoms with Crippen molar-refractivity contribution in [1.82, 2.24) is 5.32 Å². The summed E-state index contributed by atoms with van der Waals surface area (Å²) in [5.41, 5.74) is 6.90. The van der Waals surface area contributed by atoms with Gasteiger partial charge in [-0.1, -0.05) is 25.5 Å². The van der Waals surface area contributed by atoms with Crippen molar-refractivity contribution >= 4 is 18.3 Å². The first-order valence-corrected chi connectivity index (χ1v) is 6.78. The number of hydrogen-bond acceptors (Lipinski definition) is 3. The molecule has 0 bridgehead atoms. The number of carbonyl (C=O) groups excluding carboxylic acids is 1. The monoisotopic (exact) mass is 300 g/mol. The zero-order valence-corrected chi connectivity index (χ0v) is 13.2. The molecule has 0 saturated carbocycles. The molecule has 5 heteroatoms. The number of amides is 1. The Balaban J connectivity index is 0.00000361. The van der Waals surface area contributed by atoms with Gasteiger partial charge in [0.1, 0.15) is 12.4 Å². The van der Waals surface area contributed by atoms with Crippen molar-refractivity contribution in [2.24, 2.45) is 5.73 Å². The number of halogens is 1. The summed E-state index contributed by atoms with van der Waals surface area (Å²) >= 11 is 0. The molecule has 4 nitrogen and oxygen atoms in total. The molecule has 1 aromatic carbocycles. The normalized spacial score (nSPS) is 13.0. The summed E-state index contributed by atoms with van der Waals surface area (Å²) in [7, 11) is 0. The molecule has 0 aliphatic rings. The Bertz CT molecular complexity index is 413. The molecule has 0 radical (unpaired) electrons. The third-order valence-corrected chi connectivity index (χ3v) is 2.81. The number of ether oxygens (including phenoxy) is 1. The number of benzene rings is 1. The summed E-state index contributed by atoms with van der Waals surface area (Å²) in [4.78, 5) is 11.7. The van der Waals surface area contributed by atoms with Crippen molar-refractivity contribution in [3.63, 3.8) is 0 Å². The van der Waals surface area contributed by atoms with E-state index in [2.05, 4.69) is 5.32 Å². The number of nitrogens with one attached hydrogen (secondary N) is 1. The fourth-order valence-electron chi connectivity index (χ4n) is 1.76. The first kappa shape index (κ1) is 18.7. The number of hydrogen-bond donors (Lipinski definition) is 2. The van der Waals surface area contributed by atoms with Crippen LogP contribution in [0.5, 0.6) is 5.75 Å². The van der Waals surface area contributed by atoms with E-state index in [1.807, 2.05) is 45.0 Å². The van der Waals surface area contributed by atoms with Crippen molar-refractivity contribution in [1.29, 1.82) is 0 Å². The van der Waals surface area contributed by atoms with Crippen LogP contribution in [0.25, 0.3) is 0 Å². The van der Waals surface area contributed by atoms with Crippen LogP contribution in [0.4, 0.5) is 0 Å². The maximum atomic E-state index is 11.7. The summed E-state index contributed by atoms with van der Waals surface area (Å²) in [6.45, 7) is 6.37. The molecule has 0 aliphatic carbocycles. The van der Waals surface area contributed by atoms with E-state index in [9.17, 15) is 4.79 Å². The van der Waals surface area contributed by atoms with Crippen molar-refractivity contribution in [2.75, 3.05) is 6.61 Å². The van der Waals surface area contributed by atoms with Crippen LogP contribution < -0.4 is 15.8 Å². The fraction of sp³-hybridized carbons (Fsp3) is 0.533. The van der Waals surface area contributed by atoms with Crippen LogP contribution in [-0.4, -0.2) is 24.6 Å². The zero-order chi connectivity index (χ0) is 14.3. The Morgan fingerprint density at radius 3 is 2.75 bits per heavy atom. The predicted molar refractivity (Wildman–Crippen MR) is 84.4 cm³/mol. The highest BCUT2D eigenvalue weighted by atomic mass is 35.5. The molecule has 3 N–H and O–H groups in total. The Labute approximate surface area is 127 Å². The molecule has 0 spiro atoms. The minimum atomic E-state index is -0.425. The van der Waals surface area contributed by atoms with Crippen molar-refractivity contribution in [3.05, 3.63) is 29.8 Å². The lowest BCUT2D eigenvalue weighted by Crippen LogP contribution is -2.46. The second-order valence-corrected chi connectivity index (χ2v) is 4.93. The molecule has 1 aromatic rings. The first-order chi connectivity index (χ1) is 9.02. The van der Waals surface area contributed by atoms with E-state index in [0.29, 0.717) is 13.0 Å². The van der Waals surface area contributed by atoms with E-state index in [4.69, 9.17) is 10.5 Å². The van der Waals surface area contributed by atoms with Gasteiger partial charge in [-0.2, -0.15) is 0 Å². The van der Waals surface area contributed by atoms with Gasteiger partial charge in [-0.15, -0.1) is 12.4 Å². The maximum Gasteiger partial charge on any atom is 0.237 e. The van der Waals surface area contributed by atoms with Gasteiger partial charge >= 0.3 is 0 Å². The highest BCUT2D eigenvalue weighted by molar-refractivity contribution is 5.85. The van der Waals surface area contributed by atoms with Gasteiger partial charge in [-0.25, -0.2) is 0 Å².